The SMILES string of the molecule is CSN1C(C)=C1c1ccc(CNC(=O)[C@@H]2CCCN2C(=O)[C@@H](NC(=O)Cc2ccc(C=O)cc2)C(C)(C)C)cc1. The predicted molar refractivity (Wildman–Crippen MR) is 158 cm³/mol. The lowest BCUT2D eigenvalue weighted by molar-refractivity contribution is -0.143. The van der Waals surface area contributed by atoms with E-state index in [0.717, 1.165) is 29.4 Å². The van der Waals surface area contributed by atoms with Crippen LogP contribution in [0.5, 0.6) is 0 Å². The molecule has 212 valence electrons. The van der Waals surface area contributed by atoms with E-state index in [1.54, 1.807) is 41.1 Å². The average Bonchev–Trinajstić information content (AvgIpc) is 3.33. The summed E-state index contributed by atoms with van der Waals surface area (Å²) in [5.74, 6) is -0.711. The fourth-order valence-electron chi connectivity index (χ4n) is 5.10. The molecule has 0 unspecified atom stereocenters. The van der Waals surface area contributed by atoms with Crippen LogP contribution in [-0.2, 0) is 27.3 Å². The third-order valence-electron chi connectivity index (χ3n) is 7.41. The molecule has 0 aliphatic carbocycles. The van der Waals surface area contributed by atoms with Gasteiger partial charge in [-0.25, -0.2) is 0 Å². The quantitative estimate of drug-likeness (QED) is 0.333. The number of aldehydes is 1. The molecule has 4 rings (SSSR count). The smallest absolute Gasteiger partial charge is 0.246 e. The van der Waals surface area contributed by atoms with E-state index in [4.69, 9.17) is 0 Å². The van der Waals surface area contributed by atoms with Gasteiger partial charge in [0, 0.05) is 30.5 Å². The fourth-order valence-corrected chi connectivity index (χ4v) is 5.84. The topological polar surface area (TPSA) is 98.6 Å². The summed E-state index contributed by atoms with van der Waals surface area (Å²) in [5, 5.41) is 5.93. The summed E-state index contributed by atoms with van der Waals surface area (Å²) in [5.41, 5.74) is 5.38. The van der Waals surface area contributed by atoms with Crippen LogP contribution in [0.1, 0.15) is 67.6 Å². The molecule has 8 nitrogen and oxygen atoms in total. The molecule has 9 heteroatoms. The molecule has 1 saturated heterocycles. The zero-order valence-electron chi connectivity index (χ0n) is 23.8. The summed E-state index contributed by atoms with van der Waals surface area (Å²) in [6.07, 6.45) is 4.21. The Morgan fingerprint density at radius 2 is 1.70 bits per heavy atom. The molecule has 2 aromatic rings. The number of carbonyl (C=O) groups excluding carboxylic acids is 4. The molecule has 0 bridgehead atoms. The Bertz CT molecular complexity index is 1300. The Labute approximate surface area is 240 Å². The lowest BCUT2D eigenvalue weighted by Gasteiger charge is -2.35. The maximum Gasteiger partial charge on any atom is 0.246 e. The van der Waals surface area contributed by atoms with Gasteiger partial charge in [-0.2, -0.15) is 0 Å². The van der Waals surface area contributed by atoms with Gasteiger partial charge in [0.25, 0.3) is 0 Å². The Hall–Kier alpha value is -3.59. The van der Waals surface area contributed by atoms with Crippen LogP contribution in [0.15, 0.2) is 54.2 Å². The van der Waals surface area contributed by atoms with Crippen LogP contribution in [0.25, 0.3) is 5.70 Å². The first-order valence-corrected chi connectivity index (χ1v) is 14.8. The van der Waals surface area contributed by atoms with Gasteiger partial charge in [0.1, 0.15) is 18.4 Å². The second-order valence-corrected chi connectivity index (χ2v) is 12.1. The Morgan fingerprint density at radius 3 is 2.27 bits per heavy atom. The summed E-state index contributed by atoms with van der Waals surface area (Å²) in [4.78, 5) is 52.3. The summed E-state index contributed by atoms with van der Waals surface area (Å²) in [7, 11) is 0. The van der Waals surface area contributed by atoms with Gasteiger partial charge in [-0.05, 0) is 48.3 Å². The first-order chi connectivity index (χ1) is 19.0. The van der Waals surface area contributed by atoms with Crippen LogP contribution in [0.4, 0.5) is 0 Å². The summed E-state index contributed by atoms with van der Waals surface area (Å²) in [6, 6.07) is 13.6. The molecule has 40 heavy (non-hydrogen) atoms. The molecular formula is C31H38N4O4S. The van der Waals surface area contributed by atoms with Crippen molar-refractivity contribution in [3.8, 4) is 0 Å². The van der Waals surface area contributed by atoms with Crippen molar-refractivity contribution in [1.82, 2.24) is 19.8 Å². The standard InChI is InChI=1S/C31H38N4O4S/c1-20-27(35(20)40-5)24-14-12-22(13-15-24)18-32-29(38)25-7-6-16-34(25)30(39)28(31(2,3)4)33-26(37)17-21-8-10-23(19-36)11-9-21/h8-15,19,25,28H,6-7,16-18H2,1-5H3,(H,32,38)(H,33,37)/t25-,28+,35?/m0/s1. The highest BCUT2D eigenvalue weighted by Crippen LogP contribution is 2.44. The minimum atomic E-state index is -0.781. The zero-order chi connectivity index (χ0) is 29.0. The molecule has 0 radical (unpaired) electrons. The van der Waals surface area contributed by atoms with Crippen molar-refractivity contribution in [2.45, 2.75) is 65.6 Å². The Kier molecular flexibility index (Phi) is 9.03. The lowest BCUT2D eigenvalue weighted by Crippen LogP contribution is -2.57. The highest BCUT2D eigenvalue weighted by molar-refractivity contribution is 7.97. The number of nitrogens with zero attached hydrogens (tertiary/aromatic N) is 2. The van der Waals surface area contributed by atoms with Crippen molar-refractivity contribution >= 4 is 41.7 Å². The van der Waals surface area contributed by atoms with Crippen LogP contribution in [0.3, 0.4) is 0 Å². The highest BCUT2D eigenvalue weighted by Gasteiger charge is 2.41. The number of benzene rings is 2. The molecular weight excluding hydrogens is 524 g/mol. The largest absolute Gasteiger partial charge is 0.350 e. The van der Waals surface area contributed by atoms with E-state index >= 15 is 0 Å². The van der Waals surface area contributed by atoms with Gasteiger partial charge in [0.05, 0.1) is 17.8 Å². The van der Waals surface area contributed by atoms with E-state index in [1.807, 2.05) is 39.2 Å². The molecule has 0 saturated carbocycles. The van der Waals surface area contributed by atoms with Gasteiger partial charge in [-0.15, -0.1) is 0 Å². The van der Waals surface area contributed by atoms with E-state index in [2.05, 4.69) is 34.0 Å². The van der Waals surface area contributed by atoms with Crippen LogP contribution in [0.2, 0.25) is 0 Å². The minimum Gasteiger partial charge on any atom is -0.350 e. The normalized spacial score (nSPS) is 17.5. The van der Waals surface area contributed by atoms with Crippen molar-refractivity contribution in [3.05, 3.63) is 76.5 Å². The maximum absolute atomic E-state index is 13.7. The van der Waals surface area contributed by atoms with Crippen LogP contribution >= 0.6 is 11.9 Å². The van der Waals surface area contributed by atoms with Crippen molar-refractivity contribution in [3.63, 3.8) is 0 Å². The van der Waals surface area contributed by atoms with E-state index in [1.165, 1.54) is 11.4 Å². The summed E-state index contributed by atoms with van der Waals surface area (Å²) < 4.78 is 2.18. The van der Waals surface area contributed by atoms with Crippen molar-refractivity contribution in [2.75, 3.05) is 12.8 Å². The van der Waals surface area contributed by atoms with Crippen LogP contribution in [-0.4, -0.2) is 58.1 Å². The number of carbonyl (C=O) groups is 4. The molecule has 2 N–H and O–H groups in total. The van der Waals surface area contributed by atoms with Gasteiger partial charge in [0.15, 0.2) is 0 Å². The number of rotatable bonds is 10. The van der Waals surface area contributed by atoms with E-state index in [9.17, 15) is 19.2 Å². The van der Waals surface area contributed by atoms with Crippen molar-refractivity contribution in [1.29, 1.82) is 0 Å². The molecule has 2 aliphatic heterocycles. The fraction of sp³-hybridized carbons (Fsp3) is 0.419. The third-order valence-corrected chi connectivity index (χ3v) is 8.24. The van der Waals surface area contributed by atoms with Crippen LogP contribution < -0.4 is 10.6 Å². The van der Waals surface area contributed by atoms with Crippen molar-refractivity contribution in [2.24, 2.45) is 5.41 Å². The van der Waals surface area contributed by atoms with E-state index in [0.29, 0.717) is 25.1 Å². The van der Waals surface area contributed by atoms with Gasteiger partial charge in [-0.3, -0.25) is 23.5 Å². The molecule has 2 aromatic carbocycles. The molecule has 3 amide bonds. The predicted octanol–water partition coefficient (Wildman–Crippen LogP) is 4.16. The van der Waals surface area contributed by atoms with E-state index in [-0.39, 0.29) is 24.1 Å². The second kappa shape index (κ2) is 12.3. The minimum absolute atomic E-state index is 0.0911. The molecule has 1 fully saturated rings. The van der Waals surface area contributed by atoms with Gasteiger partial charge in [-0.1, -0.05) is 69.3 Å². The Balaban J connectivity index is 1.36. The molecule has 0 aromatic heterocycles. The number of likely N-dealkylation sites (tertiary alicyclic amines) is 1. The van der Waals surface area contributed by atoms with E-state index < -0.39 is 17.5 Å². The zero-order valence-corrected chi connectivity index (χ0v) is 24.6. The number of hydrogen-bond acceptors (Lipinski definition) is 6. The Morgan fingerprint density at radius 1 is 1.05 bits per heavy atom. The van der Waals surface area contributed by atoms with Crippen molar-refractivity contribution < 1.29 is 19.2 Å². The summed E-state index contributed by atoms with van der Waals surface area (Å²) >= 11 is 1.68. The molecule has 0 spiro atoms. The highest BCUT2D eigenvalue weighted by atomic mass is 32.2. The van der Waals surface area contributed by atoms with Gasteiger partial charge in [0.2, 0.25) is 17.7 Å². The number of nitrogens with one attached hydrogen (secondary N) is 2. The maximum atomic E-state index is 13.7. The lowest BCUT2D eigenvalue weighted by atomic mass is 9.85. The van der Waals surface area contributed by atoms with Crippen LogP contribution in [0, 0.1) is 5.41 Å². The molecule has 2 atom stereocenters. The first-order valence-electron chi connectivity index (χ1n) is 13.6. The number of hydrogen-bond donors (Lipinski definition) is 2. The molecule has 2 heterocycles. The monoisotopic (exact) mass is 562 g/mol. The van der Waals surface area contributed by atoms with Gasteiger partial charge < -0.3 is 15.5 Å². The third kappa shape index (κ3) is 6.75. The van der Waals surface area contributed by atoms with Gasteiger partial charge >= 0.3 is 0 Å². The molecule has 2 aliphatic rings. The first kappa shape index (κ1) is 29.4. The average molecular weight is 563 g/mol. The summed E-state index contributed by atoms with van der Waals surface area (Å²) in [6.45, 7) is 8.66. The number of allylic oxidation sites excluding steroid dienone is 1. The number of amides is 3. The second-order valence-electron chi connectivity index (χ2n) is 11.4.